The van der Waals surface area contributed by atoms with Crippen molar-refractivity contribution >= 4 is 35.5 Å². The Labute approximate surface area is 90.3 Å². The molecule has 5 heteroatoms. The standard InChI is InChI=1S/C9H6Cl2O3/c10-7-2-1-5(4-12)9(11)6(7)3-8(13)14/h1-2,4H,3H2,(H,13,14). The molecule has 0 fully saturated rings. The highest BCUT2D eigenvalue weighted by Crippen LogP contribution is 2.27. The second-order valence-corrected chi connectivity index (χ2v) is 3.40. The summed E-state index contributed by atoms with van der Waals surface area (Å²) in [4.78, 5) is 21.0. The first-order chi connectivity index (χ1) is 6.56. The minimum atomic E-state index is -1.04. The van der Waals surface area contributed by atoms with Crippen molar-refractivity contribution in [1.29, 1.82) is 0 Å². The molecule has 3 nitrogen and oxygen atoms in total. The van der Waals surface area contributed by atoms with Crippen LogP contribution in [0.2, 0.25) is 10.0 Å². The first-order valence-corrected chi connectivity index (χ1v) is 4.45. The van der Waals surface area contributed by atoms with Gasteiger partial charge in [0.05, 0.1) is 11.4 Å². The number of carbonyl (C=O) groups excluding carboxylic acids is 1. The van der Waals surface area contributed by atoms with E-state index in [4.69, 9.17) is 28.3 Å². The molecule has 0 aromatic heterocycles. The van der Waals surface area contributed by atoms with E-state index in [9.17, 15) is 9.59 Å². The van der Waals surface area contributed by atoms with Crippen molar-refractivity contribution in [2.24, 2.45) is 0 Å². The van der Waals surface area contributed by atoms with E-state index in [1.807, 2.05) is 0 Å². The van der Waals surface area contributed by atoms with Crippen molar-refractivity contribution in [2.45, 2.75) is 6.42 Å². The normalized spacial score (nSPS) is 9.86. The summed E-state index contributed by atoms with van der Waals surface area (Å²) >= 11 is 11.5. The van der Waals surface area contributed by atoms with Crippen LogP contribution in [0.5, 0.6) is 0 Å². The summed E-state index contributed by atoms with van der Waals surface area (Å²) in [5, 5.41) is 8.93. The summed E-state index contributed by atoms with van der Waals surface area (Å²) in [6, 6.07) is 2.90. The number of carboxylic acid groups (broad SMARTS) is 1. The van der Waals surface area contributed by atoms with Crippen LogP contribution in [-0.4, -0.2) is 17.4 Å². The molecule has 14 heavy (non-hydrogen) atoms. The van der Waals surface area contributed by atoms with Gasteiger partial charge in [-0.2, -0.15) is 0 Å². The van der Waals surface area contributed by atoms with Crippen LogP contribution < -0.4 is 0 Å². The van der Waals surface area contributed by atoms with E-state index >= 15 is 0 Å². The number of benzene rings is 1. The fourth-order valence-electron chi connectivity index (χ4n) is 1.02. The SMILES string of the molecule is O=Cc1ccc(Cl)c(CC(=O)O)c1Cl. The van der Waals surface area contributed by atoms with Crippen LogP contribution in [0.4, 0.5) is 0 Å². The molecule has 74 valence electrons. The zero-order valence-corrected chi connectivity index (χ0v) is 8.47. The molecule has 0 aliphatic heterocycles. The monoisotopic (exact) mass is 232 g/mol. The Bertz CT molecular complexity index is 388. The van der Waals surface area contributed by atoms with E-state index in [0.717, 1.165) is 0 Å². The number of carboxylic acids is 1. The van der Waals surface area contributed by atoms with E-state index < -0.39 is 5.97 Å². The summed E-state index contributed by atoms with van der Waals surface area (Å²) in [5.41, 5.74) is 0.512. The van der Waals surface area contributed by atoms with Crippen LogP contribution in [0, 0.1) is 0 Å². The zero-order chi connectivity index (χ0) is 10.7. The van der Waals surface area contributed by atoms with Crippen LogP contribution >= 0.6 is 23.2 Å². The van der Waals surface area contributed by atoms with Crippen molar-refractivity contribution < 1.29 is 14.7 Å². The van der Waals surface area contributed by atoms with Gasteiger partial charge in [-0.15, -0.1) is 0 Å². The summed E-state index contributed by atoms with van der Waals surface area (Å²) in [6.45, 7) is 0. The van der Waals surface area contributed by atoms with Crippen LogP contribution in [0.3, 0.4) is 0 Å². The highest BCUT2D eigenvalue weighted by Gasteiger charge is 2.12. The summed E-state index contributed by atoms with van der Waals surface area (Å²) in [6.07, 6.45) is 0.267. The molecule has 0 heterocycles. The van der Waals surface area contributed by atoms with E-state index in [1.165, 1.54) is 12.1 Å². The fraction of sp³-hybridized carbons (Fsp3) is 0.111. The molecule has 1 rings (SSSR count). The lowest BCUT2D eigenvalue weighted by molar-refractivity contribution is -0.136. The molecule has 0 bridgehead atoms. The Morgan fingerprint density at radius 1 is 1.43 bits per heavy atom. The van der Waals surface area contributed by atoms with Gasteiger partial charge in [0.1, 0.15) is 0 Å². The Morgan fingerprint density at radius 2 is 2.07 bits per heavy atom. The van der Waals surface area contributed by atoms with Crippen molar-refractivity contribution in [2.75, 3.05) is 0 Å². The second-order valence-electron chi connectivity index (χ2n) is 2.62. The van der Waals surface area contributed by atoms with E-state index in [0.29, 0.717) is 6.29 Å². The summed E-state index contributed by atoms with van der Waals surface area (Å²) in [7, 11) is 0. The predicted molar refractivity (Wildman–Crippen MR) is 53.2 cm³/mol. The average Bonchev–Trinajstić information content (AvgIpc) is 2.12. The molecule has 0 unspecified atom stereocenters. The highest BCUT2D eigenvalue weighted by atomic mass is 35.5. The number of hydrogen-bond acceptors (Lipinski definition) is 2. The third-order valence-electron chi connectivity index (χ3n) is 1.67. The maximum Gasteiger partial charge on any atom is 0.307 e. The quantitative estimate of drug-likeness (QED) is 0.815. The van der Waals surface area contributed by atoms with Gasteiger partial charge in [-0.3, -0.25) is 9.59 Å². The maximum absolute atomic E-state index is 10.5. The molecule has 0 radical (unpaired) electrons. The Kier molecular flexibility index (Phi) is 3.49. The zero-order valence-electron chi connectivity index (χ0n) is 6.96. The van der Waals surface area contributed by atoms with Crippen molar-refractivity contribution in [3.8, 4) is 0 Å². The lowest BCUT2D eigenvalue weighted by Gasteiger charge is -2.05. The largest absolute Gasteiger partial charge is 0.481 e. The van der Waals surface area contributed by atoms with Gasteiger partial charge in [-0.1, -0.05) is 23.2 Å². The molecule has 0 saturated heterocycles. The molecule has 0 saturated carbocycles. The lowest BCUT2D eigenvalue weighted by Crippen LogP contribution is -2.02. The highest BCUT2D eigenvalue weighted by molar-refractivity contribution is 6.37. The lowest BCUT2D eigenvalue weighted by atomic mass is 10.1. The topological polar surface area (TPSA) is 54.4 Å². The van der Waals surface area contributed by atoms with Crippen LogP contribution in [0.1, 0.15) is 15.9 Å². The molecular weight excluding hydrogens is 227 g/mol. The minimum absolute atomic E-state index is 0.106. The molecule has 1 aromatic rings. The average molecular weight is 233 g/mol. The predicted octanol–water partition coefficient (Wildman–Crippen LogP) is 2.43. The molecule has 0 amide bonds. The molecule has 0 aliphatic carbocycles. The van der Waals surface area contributed by atoms with Gasteiger partial charge in [0.15, 0.2) is 6.29 Å². The summed E-state index contributed by atoms with van der Waals surface area (Å²) < 4.78 is 0. The Morgan fingerprint density at radius 3 is 2.57 bits per heavy atom. The smallest absolute Gasteiger partial charge is 0.307 e. The molecular formula is C9H6Cl2O3. The van der Waals surface area contributed by atoms with Crippen molar-refractivity contribution in [3.63, 3.8) is 0 Å². The first kappa shape index (κ1) is 11.0. The van der Waals surface area contributed by atoms with E-state index in [2.05, 4.69) is 0 Å². The third kappa shape index (κ3) is 2.25. The Balaban J connectivity index is 3.24. The number of carbonyl (C=O) groups is 2. The molecule has 0 aliphatic rings. The maximum atomic E-state index is 10.5. The van der Waals surface area contributed by atoms with Gasteiger partial charge in [-0.05, 0) is 12.1 Å². The van der Waals surface area contributed by atoms with E-state index in [1.54, 1.807) is 0 Å². The minimum Gasteiger partial charge on any atom is -0.481 e. The van der Waals surface area contributed by atoms with E-state index in [-0.39, 0.29) is 27.6 Å². The molecule has 0 atom stereocenters. The van der Waals surface area contributed by atoms with Crippen molar-refractivity contribution in [1.82, 2.24) is 0 Å². The Hall–Kier alpha value is -1.06. The number of rotatable bonds is 3. The fourth-order valence-corrected chi connectivity index (χ4v) is 1.57. The van der Waals surface area contributed by atoms with Gasteiger partial charge < -0.3 is 5.11 Å². The molecule has 1 aromatic carbocycles. The summed E-state index contributed by atoms with van der Waals surface area (Å²) in [5.74, 6) is -1.04. The first-order valence-electron chi connectivity index (χ1n) is 3.70. The van der Waals surface area contributed by atoms with Crippen molar-refractivity contribution in [3.05, 3.63) is 33.3 Å². The van der Waals surface area contributed by atoms with Gasteiger partial charge in [0.2, 0.25) is 0 Å². The molecule has 0 spiro atoms. The van der Waals surface area contributed by atoms with Crippen LogP contribution in [0.25, 0.3) is 0 Å². The van der Waals surface area contributed by atoms with Crippen LogP contribution in [-0.2, 0) is 11.2 Å². The third-order valence-corrected chi connectivity index (χ3v) is 2.47. The molecule has 1 N–H and O–H groups in total. The number of aldehydes is 1. The van der Waals surface area contributed by atoms with Gasteiger partial charge in [-0.25, -0.2) is 0 Å². The number of hydrogen-bond donors (Lipinski definition) is 1. The number of halogens is 2. The van der Waals surface area contributed by atoms with Gasteiger partial charge >= 0.3 is 5.97 Å². The van der Waals surface area contributed by atoms with Crippen LogP contribution in [0.15, 0.2) is 12.1 Å². The van der Waals surface area contributed by atoms with Gasteiger partial charge in [0, 0.05) is 16.1 Å². The second kappa shape index (κ2) is 4.44. The number of aliphatic carboxylic acids is 1. The van der Waals surface area contributed by atoms with Gasteiger partial charge in [0.25, 0.3) is 0 Å².